The van der Waals surface area contributed by atoms with Crippen LogP contribution in [0.3, 0.4) is 0 Å². The Morgan fingerprint density at radius 3 is 1.65 bits per heavy atom. The molecule has 0 fully saturated rings. The first-order chi connectivity index (χ1) is 11.3. The average Bonchev–Trinajstić information content (AvgIpc) is 2.56. The highest BCUT2D eigenvalue weighted by Gasteiger charge is 2.15. The first-order valence-corrected chi connectivity index (χ1v) is 10.9. The van der Waals surface area contributed by atoms with E-state index in [1.165, 1.54) is 70.0 Å². The zero-order valence-electron chi connectivity index (χ0n) is 15.6. The second-order valence-corrected chi connectivity index (χ2v) is 7.68. The van der Waals surface area contributed by atoms with E-state index in [4.69, 9.17) is 10.2 Å². The Morgan fingerprint density at radius 1 is 0.739 bits per heavy atom. The fourth-order valence-electron chi connectivity index (χ4n) is 2.95. The predicted octanol–water partition coefficient (Wildman–Crippen LogP) is 4.66. The van der Waals surface area contributed by atoms with Crippen LogP contribution in [0.15, 0.2) is 0 Å². The van der Waals surface area contributed by atoms with Crippen LogP contribution in [-0.4, -0.2) is 52.5 Å². The first-order valence-electron chi connectivity index (χ1n) is 9.87. The molecule has 4 heteroatoms. The Labute approximate surface area is 149 Å². The Bertz CT molecular complexity index is 223. The van der Waals surface area contributed by atoms with Crippen molar-refractivity contribution in [1.82, 2.24) is 4.90 Å². The van der Waals surface area contributed by atoms with Gasteiger partial charge in [-0.25, -0.2) is 0 Å². The van der Waals surface area contributed by atoms with Gasteiger partial charge in [-0.05, 0) is 18.6 Å². The van der Waals surface area contributed by atoms with E-state index in [-0.39, 0.29) is 13.2 Å². The Hall–Kier alpha value is 0.230. The van der Waals surface area contributed by atoms with E-state index < -0.39 is 0 Å². The van der Waals surface area contributed by atoms with E-state index in [0.717, 1.165) is 6.42 Å². The van der Waals surface area contributed by atoms with Crippen molar-refractivity contribution in [2.75, 3.05) is 32.1 Å². The highest BCUT2D eigenvalue weighted by atomic mass is 32.2. The van der Waals surface area contributed by atoms with Crippen molar-refractivity contribution in [2.45, 2.75) is 89.9 Å². The van der Waals surface area contributed by atoms with Crippen LogP contribution < -0.4 is 0 Å². The summed E-state index contributed by atoms with van der Waals surface area (Å²) < 4.78 is 0. The van der Waals surface area contributed by atoms with Gasteiger partial charge in [0, 0.05) is 13.1 Å². The number of nitrogens with zero attached hydrogens (tertiary/aromatic N) is 1. The second-order valence-electron chi connectivity index (χ2n) is 6.40. The summed E-state index contributed by atoms with van der Waals surface area (Å²) >= 11 is 1.99. The summed E-state index contributed by atoms with van der Waals surface area (Å²) in [6.07, 6.45) is 14.9. The molecule has 0 aliphatic rings. The van der Waals surface area contributed by atoms with Gasteiger partial charge in [-0.15, -0.1) is 11.8 Å². The molecule has 3 nitrogen and oxygen atoms in total. The maximum atomic E-state index is 9.14. The molecule has 0 aliphatic heterocycles. The van der Waals surface area contributed by atoms with Crippen molar-refractivity contribution in [3.63, 3.8) is 0 Å². The quantitative estimate of drug-likeness (QED) is 0.279. The van der Waals surface area contributed by atoms with Gasteiger partial charge in [0.2, 0.25) is 0 Å². The number of unbranched alkanes of at least 4 members (excludes halogenated alkanes) is 9. The lowest BCUT2D eigenvalue weighted by Crippen LogP contribution is -2.37. The summed E-state index contributed by atoms with van der Waals surface area (Å²) in [5.74, 6) is 1.20. The third-order valence-corrected chi connectivity index (χ3v) is 5.88. The van der Waals surface area contributed by atoms with Crippen LogP contribution in [0.4, 0.5) is 0 Å². The molecular formula is C19H41NO2S. The summed E-state index contributed by atoms with van der Waals surface area (Å²) in [5.41, 5.74) is 0. The van der Waals surface area contributed by atoms with E-state index in [9.17, 15) is 0 Å². The fourth-order valence-corrected chi connectivity index (χ4v) is 4.25. The molecule has 1 atom stereocenters. The number of thioether (sulfide) groups is 1. The summed E-state index contributed by atoms with van der Waals surface area (Å²) in [5, 5.41) is 18.7. The summed E-state index contributed by atoms with van der Waals surface area (Å²) in [6, 6.07) is 0. The molecule has 0 aromatic rings. The Kier molecular flexibility index (Phi) is 18.8. The molecule has 23 heavy (non-hydrogen) atoms. The van der Waals surface area contributed by atoms with Crippen LogP contribution in [0.2, 0.25) is 0 Å². The van der Waals surface area contributed by atoms with Crippen LogP contribution in [0.25, 0.3) is 0 Å². The normalized spacial score (nSPS) is 12.9. The maximum Gasteiger partial charge on any atom is 0.0558 e. The lowest BCUT2D eigenvalue weighted by Gasteiger charge is -2.29. The summed E-state index contributed by atoms with van der Waals surface area (Å²) in [7, 11) is 0. The van der Waals surface area contributed by atoms with Gasteiger partial charge in [-0.2, -0.15) is 0 Å². The van der Waals surface area contributed by atoms with Crippen molar-refractivity contribution in [3.8, 4) is 0 Å². The van der Waals surface area contributed by atoms with Gasteiger partial charge in [-0.1, -0.05) is 71.6 Å². The SMILES string of the molecule is CCCCCCCCCCCCSC(CC)N(CCO)CCO. The maximum absolute atomic E-state index is 9.14. The Balaban J connectivity index is 3.53. The zero-order valence-corrected chi connectivity index (χ0v) is 16.5. The van der Waals surface area contributed by atoms with E-state index >= 15 is 0 Å². The molecule has 1 unspecified atom stereocenters. The third kappa shape index (κ3) is 14.3. The minimum absolute atomic E-state index is 0.176. The van der Waals surface area contributed by atoms with Crippen LogP contribution in [0.1, 0.15) is 84.5 Å². The number of aliphatic hydroxyl groups is 2. The molecule has 0 bridgehead atoms. The van der Waals surface area contributed by atoms with Crippen molar-refractivity contribution in [1.29, 1.82) is 0 Å². The smallest absolute Gasteiger partial charge is 0.0558 e. The molecule has 0 spiro atoms. The van der Waals surface area contributed by atoms with Gasteiger partial charge in [0.15, 0.2) is 0 Å². The molecule has 0 aromatic carbocycles. The van der Waals surface area contributed by atoms with Gasteiger partial charge >= 0.3 is 0 Å². The first kappa shape index (κ1) is 23.2. The average molecular weight is 348 g/mol. The van der Waals surface area contributed by atoms with Gasteiger partial charge in [-0.3, -0.25) is 4.90 Å². The number of aliphatic hydroxyl groups excluding tert-OH is 2. The summed E-state index contributed by atoms with van der Waals surface area (Å²) in [4.78, 5) is 2.21. The molecule has 0 aromatic heterocycles. The molecule has 0 saturated carbocycles. The van der Waals surface area contributed by atoms with Gasteiger partial charge in [0.05, 0.1) is 18.6 Å². The molecule has 2 N–H and O–H groups in total. The Morgan fingerprint density at radius 2 is 1.22 bits per heavy atom. The highest BCUT2D eigenvalue weighted by molar-refractivity contribution is 7.99. The number of rotatable bonds is 18. The number of hydrogen-bond acceptors (Lipinski definition) is 4. The van der Waals surface area contributed by atoms with E-state index in [2.05, 4.69) is 18.7 Å². The lowest BCUT2D eigenvalue weighted by molar-refractivity contribution is 0.150. The summed E-state index contributed by atoms with van der Waals surface area (Å²) in [6.45, 7) is 6.16. The van der Waals surface area contributed by atoms with Gasteiger partial charge < -0.3 is 10.2 Å². The monoisotopic (exact) mass is 347 g/mol. The molecule has 0 rings (SSSR count). The molecule has 140 valence electrons. The second kappa shape index (κ2) is 18.6. The van der Waals surface area contributed by atoms with Gasteiger partial charge in [0.1, 0.15) is 0 Å². The van der Waals surface area contributed by atoms with Crippen molar-refractivity contribution < 1.29 is 10.2 Å². The van der Waals surface area contributed by atoms with E-state index in [1.807, 2.05) is 11.8 Å². The molecule has 0 saturated heterocycles. The molecular weight excluding hydrogens is 306 g/mol. The fraction of sp³-hybridized carbons (Fsp3) is 1.00. The molecule has 0 heterocycles. The van der Waals surface area contributed by atoms with Crippen molar-refractivity contribution in [3.05, 3.63) is 0 Å². The minimum atomic E-state index is 0.176. The highest BCUT2D eigenvalue weighted by Crippen LogP contribution is 2.21. The number of hydrogen-bond donors (Lipinski definition) is 2. The van der Waals surface area contributed by atoms with Crippen molar-refractivity contribution in [2.24, 2.45) is 0 Å². The van der Waals surface area contributed by atoms with E-state index in [1.54, 1.807) is 0 Å². The molecule has 0 aliphatic carbocycles. The van der Waals surface area contributed by atoms with Crippen LogP contribution in [0.5, 0.6) is 0 Å². The van der Waals surface area contributed by atoms with Crippen LogP contribution >= 0.6 is 11.8 Å². The lowest BCUT2D eigenvalue weighted by atomic mass is 10.1. The third-order valence-electron chi connectivity index (χ3n) is 4.34. The molecule has 0 radical (unpaired) electrons. The predicted molar refractivity (Wildman–Crippen MR) is 104 cm³/mol. The largest absolute Gasteiger partial charge is 0.395 e. The standard InChI is InChI=1S/C19H41NO2S/c1-3-5-6-7-8-9-10-11-12-13-18-23-19(4-2)20(14-16-21)15-17-22/h19,21-22H,3-18H2,1-2H3. The van der Waals surface area contributed by atoms with Crippen LogP contribution in [0, 0.1) is 0 Å². The van der Waals surface area contributed by atoms with E-state index in [0.29, 0.717) is 18.5 Å². The molecule has 0 amide bonds. The van der Waals surface area contributed by atoms with Crippen molar-refractivity contribution >= 4 is 11.8 Å². The topological polar surface area (TPSA) is 43.7 Å². The van der Waals surface area contributed by atoms with Crippen LogP contribution in [-0.2, 0) is 0 Å². The van der Waals surface area contributed by atoms with Gasteiger partial charge in [0.25, 0.3) is 0 Å². The minimum Gasteiger partial charge on any atom is -0.395 e. The zero-order chi connectivity index (χ0) is 17.2.